The number of pyridine rings is 1. The van der Waals surface area contributed by atoms with Gasteiger partial charge in [-0.1, -0.05) is 18.2 Å². The molecule has 1 atom stereocenters. The second kappa shape index (κ2) is 7.09. The Morgan fingerprint density at radius 3 is 2.55 bits per heavy atom. The van der Waals surface area contributed by atoms with Crippen LogP contribution in [0.4, 0.5) is 5.82 Å². The van der Waals surface area contributed by atoms with Gasteiger partial charge in [-0.25, -0.2) is 4.98 Å². The van der Waals surface area contributed by atoms with Crippen LogP contribution in [0.1, 0.15) is 38.9 Å². The largest absolute Gasteiger partial charge is 0.497 e. The molecule has 3 heterocycles. The molecule has 0 radical (unpaired) electrons. The fourth-order valence-corrected chi connectivity index (χ4v) is 4.09. The van der Waals surface area contributed by atoms with Crippen molar-refractivity contribution < 1.29 is 13.9 Å². The maximum atomic E-state index is 13.7. The van der Waals surface area contributed by atoms with Gasteiger partial charge in [-0.15, -0.1) is 0 Å². The number of carbonyl (C=O) groups excluding carboxylic acids is 1. The van der Waals surface area contributed by atoms with Crippen molar-refractivity contribution in [3.63, 3.8) is 0 Å². The van der Waals surface area contributed by atoms with Crippen molar-refractivity contribution in [3.8, 4) is 5.75 Å². The molecule has 1 amide bonds. The molecule has 5 rings (SSSR count). The van der Waals surface area contributed by atoms with Crippen LogP contribution in [0.3, 0.4) is 0 Å². The molecule has 0 aliphatic carbocycles. The Morgan fingerprint density at radius 1 is 1.00 bits per heavy atom. The van der Waals surface area contributed by atoms with Gasteiger partial charge in [0.05, 0.1) is 24.1 Å². The summed E-state index contributed by atoms with van der Waals surface area (Å²) in [6.45, 7) is 3.90. The lowest BCUT2D eigenvalue weighted by Crippen LogP contribution is -2.30. The smallest absolute Gasteiger partial charge is 0.296 e. The summed E-state index contributed by atoms with van der Waals surface area (Å²) in [6.07, 6.45) is 1.62. The zero-order valence-electron chi connectivity index (χ0n) is 17.4. The summed E-state index contributed by atoms with van der Waals surface area (Å²) in [4.78, 5) is 33.0. The number of carbonyl (C=O) groups is 1. The lowest BCUT2D eigenvalue weighted by atomic mass is 9.97. The van der Waals surface area contributed by atoms with Gasteiger partial charge in [0.15, 0.2) is 5.43 Å². The van der Waals surface area contributed by atoms with E-state index in [4.69, 9.17) is 9.15 Å². The number of nitrogens with zero attached hydrogens (tertiary/aromatic N) is 2. The lowest BCUT2D eigenvalue weighted by molar-refractivity contribution is 0.0970. The summed E-state index contributed by atoms with van der Waals surface area (Å²) in [5.74, 6) is 0.747. The topological polar surface area (TPSA) is 72.6 Å². The van der Waals surface area contributed by atoms with Crippen molar-refractivity contribution in [1.82, 2.24) is 4.98 Å². The van der Waals surface area contributed by atoms with E-state index in [-0.39, 0.29) is 11.2 Å². The molecular weight excluding hydrogens is 392 g/mol. The van der Waals surface area contributed by atoms with Gasteiger partial charge in [-0.3, -0.25) is 14.5 Å². The highest BCUT2D eigenvalue weighted by molar-refractivity contribution is 6.10. The third-order valence-electron chi connectivity index (χ3n) is 5.79. The first-order valence-corrected chi connectivity index (χ1v) is 9.96. The van der Waals surface area contributed by atoms with Gasteiger partial charge < -0.3 is 9.15 Å². The van der Waals surface area contributed by atoms with Crippen LogP contribution in [0.5, 0.6) is 5.75 Å². The maximum Gasteiger partial charge on any atom is 0.296 e. The Balaban J connectivity index is 1.83. The normalized spacial score (nSPS) is 15.4. The van der Waals surface area contributed by atoms with Crippen LogP contribution in [-0.4, -0.2) is 18.0 Å². The number of aromatic nitrogens is 1. The molecule has 0 bridgehead atoms. The molecule has 2 aromatic carbocycles. The summed E-state index contributed by atoms with van der Waals surface area (Å²) in [6, 6.07) is 15.6. The molecule has 6 nitrogen and oxygen atoms in total. The summed E-state index contributed by atoms with van der Waals surface area (Å²) < 4.78 is 11.4. The lowest BCUT2D eigenvalue weighted by Gasteiger charge is -2.24. The van der Waals surface area contributed by atoms with Gasteiger partial charge in [0.25, 0.3) is 5.91 Å². The van der Waals surface area contributed by atoms with Gasteiger partial charge in [0, 0.05) is 6.20 Å². The number of hydrogen-bond donors (Lipinski definition) is 0. The molecule has 6 heteroatoms. The summed E-state index contributed by atoms with van der Waals surface area (Å²) in [5, 5.41) is 0.463. The van der Waals surface area contributed by atoms with E-state index in [1.807, 2.05) is 50.2 Å². The third kappa shape index (κ3) is 2.91. The standard InChI is InChI=1S/C25H20N2O4/c1-14-11-18-19(12-15(14)2)31-24-21(23(18)28)22(16-7-6-8-17(13-16)30-3)27(25(24)29)20-9-4-5-10-26-20/h4-13,22H,1-3H3/t22-/m0/s1. The van der Waals surface area contributed by atoms with Crippen molar-refractivity contribution in [2.24, 2.45) is 0 Å². The highest BCUT2D eigenvalue weighted by Gasteiger charge is 2.44. The average molecular weight is 412 g/mol. The maximum absolute atomic E-state index is 13.7. The Kier molecular flexibility index (Phi) is 4.36. The molecule has 31 heavy (non-hydrogen) atoms. The first-order chi connectivity index (χ1) is 15.0. The van der Waals surface area contributed by atoms with E-state index in [9.17, 15) is 9.59 Å². The van der Waals surface area contributed by atoms with Gasteiger partial charge in [0.1, 0.15) is 17.2 Å². The van der Waals surface area contributed by atoms with Crippen LogP contribution in [0.15, 0.2) is 70.0 Å². The molecule has 0 N–H and O–H groups in total. The number of rotatable bonds is 3. The van der Waals surface area contributed by atoms with Crippen LogP contribution in [-0.2, 0) is 0 Å². The van der Waals surface area contributed by atoms with Crippen molar-refractivity contribution in [2.45, 2.75) is 19.9 Å². The second-order valence-electron chi connectivity index (χ2n) is 7.65. The van der Waals surface area contributed by atoms with E-state index < -0.39 is 11.9 Å². The van der Waals surface area contributed by atoms with Gasteiger partial charge in [0.2, 0.25) is 5.76 Å². The van der Waals surface area contributed by atoms with Crippen LogP contribution in [0, 0.1) is 13.8 Å². The molecule has 1 aliphatic rings. The molecule has 0 fully saturated rings. The molecular formula is C25H20N2O4. The third-order valence-corrected chi connectivity index (χ3v) is 5.79. The average Bonchev–Trinajstić information content (AvgIpc) is 3.08. The van der Waals surface area contributed by atoms with Crippen LogP contribution < -0.4 is 15.1 Å². The van der Waals surface area contributed by atoms with Gasteiger partial charge >= 0.3 is 0 Å². The highest BCUT2D eigenvalue weighted by atomic mass is 16.5. The number of anilines is 1. The van der Waals surface area contributed by atoms with E-state index in [1.165, 1.54) is 4.90 Å². The number of aryl methyl sites for hydroxylation is 2. The molecule has 4 aromatic rings. The Bertz CT molecular complexity index is 1390. The Labute approximate surface area is 178 Å². The van der Waals surface area contributed by atoms with E-state index in [0.29, 0.717) is 28.1 Å². The zero-order valence-corrected chi connectivity index (χ0v) is 17.4. The molecule has 0 saturated heterocycles. The SMILES string of the molecule is COc1cccc([C@H]2c3c(oc4cc(C)c(C)cc4c3=O)C(=O)N2c2ccccn2)c1. The number of hydrogen-bond acceptors (Lipinski definition) is 5. The van der Waals surface area contributed by atoms with Gasteiger partial charge in [-0.05, 0) is 66.9 Å². The van der Waals surface area contributed by atoms with Crippen LogP contribution in [0.25, 0.3) is 11.0 Å². The summed E-state index contributed by atoms with van der Waals surface area (Å²) >= 11 is 0. The number of methoxy groups -OCH3 is 1. The van der Waals surface area contributed by atoms with E-state index in [0.717, 1.165) is 16.7 Å². The monoisotopic (exact) mass is 412 g/mol. The minimum Gasteiger partial charge on any atom is -0.497 e. The quantitative estimate of drug-likeness (QED) is 0.493. The predicted octanol–water partition coefficient (Wildman–Crippen LogP) is 4.56. The second-order valence-corrected chi connectivity index (χ2v) is 7.65. The fourth-order valence-electron chi connectivity index (χ4n) is 4.09. The molecule has 0 saturated carbocycles. The van der Waals surface area contributed by atoms with Crippen molar-refractivity contribution in [3.05, 3.63) is 99.0 Å². The van der Waals surface area contributed by atoms with Gasteiger partial charge in [-0.2, -0.15) is 0 Å². The summed E-state index contributed by atoms with van der Waals surface area (Å²) in [5.41, 5.74) is 3.24. The van der Waals surface area contributed by atoms with Crippen LogP contribution >= 0.6 is 0 Å². The predicted molar refractivity (Wildman–Crippen MR) is 118 cm³/mol. The molecule has 154 valence electrons. The number of benzene rings is 2. The molecule has 0 spiro atoms. The van der Waals surface area contributed by atoms with E-state index >= 15 is 0 Å². The first-order valence-electron chi connectivity index (χ1n) is 9.96. The molecule has 1 aliphatic heterocycles. The Hall–Kier alpha value is -3.93. The van der Waals surface area contributed by atoms with E-state index in [2.05, 4.69) is 4.98 Å². The van der Waals surface area contributed by atoms with Crippen LogP contribution in [0.2, 0.25) is 0 Å². The van der Waals surface area contributed by atoms with Crippen molar-refractivity contribution in [2.75, 3.05) is 12.0 Å². The number of ether oxygens (including phenoxy) is 1. The Morgan fingerprint density at radius 2 is 1.81 bits per heavy atom. The van der Waals surface area contributed by atoms with E-state index in [1.54, 1.807) is 31.5 Å². The zero-order chi connectivity index (χ0) is 21.7. The fraction of sp³-hybridized carbons (Fsp3) is 0.160. The molecule has 2 aromatic heterocycles. The first kappa shape index (κ1) is 19.1. The van der Waals surface area contributed by atoms with Crippen molar-refractivity contribution in [1.29, 1.82) is 0 Å². The number of fused-ring (bicyclic) bond motifs is 2. The minimum absolute atomic E-state index is 0.0548. The number of amides is 1. The van der Waals surface area contributed by atoms with Crippen molar-refractivity contribution >= 4 is 22.7 Å². The minimum atomic E-state index is -0.672. The molecule has 0 unspecified atom stereocenters. The highest BCUT2D eigenvalue weighted by Crippen LogP contribution is 2.41. The summed E-state index contributed by atoms with van der Waals surface area (Å²) in [7, 11) is 1.58.